The maximum Gasteiger partial charge on any atom is 0.178 e. The lowest BCUT2D eigenvalue weighted by Gasteiger charge is -2.11. The molecule has 184 valence electrons. The van der Waals surface area contributed by atoms with Gasteiger partial charge in [0.15, 0.2) is 11.5 Å². The number of fused-ring (bicyclic) bond motifs is 2. The number of H-pyrrole nitrogens is 2. The van der Waals surface area contributed by atoms with E-state index in [2.05, 4.69) is 35.0 Å². The van der Waals surface area contributed by atoms with Crippen molar-refractivity contribution in [2.24, 2.45) is 0 Å². The molecule has 6 rings (SSSR count). The van der Waals surface area contributed by atoms with Crippen molar-refractivity contribution in [2.75, 3.05) is 27.2 Å². The van der Waals surface area contributed by atoms with Crippen molar-refractivity contribution in [3.05, 3.63) is 73.1 Å². The highest BCUT2D eigenvalue weighted by Crippen LogP contribution is 2.32. The van der Waals surface area contributed by atoms with Crippen LogP contribution in [0.4, 0.5) is 4.39 Å². The molecule has 5 heterocycles. The fraction of sp³-hybridized carbons (Fsp3) is 0.148. The summed E-state index contributed by atoms with van der Waals surface area (Å²) in [4.78, 5) is 23.4. The van der Waals surface area contributed by atoms with Gasteiger partial charge in [0, 0.05) is 35.5 Å². The molecule has 0 aliphatic heterocycles. The third kappa shape index (κ3) is 4.50. The number of pyridine rings is 3. The molecular formula is C27H23FN8O. The molecule has 2 N–H and O–H groups in total. The SMILES string of the molecule is CN(C)CCOc1cncc(-c2cc3c(-c4nc5nccc(-c6ccc(F)cc6)c5[nH]4)n[nH]c3cn2)c1. The highest BCUT2D eigenvalue weighted by molar-refractivity contribution is 5.96. The number of hydrogen-bond donors (Lipinski definition) is 2. The summed E-state index contributed by atoms with van der Waals surface area (Å²) in [5.41, 5.74) is 6.04. The topological polar surface area (TPSA) is 109 Å². The monoisotopic (exact) mass is 494 g/mol. The molecular weight excluding hydrogens is 471 g/mol. The third-order valence-corrected chi connectivity index (χ3v) is 6.03. The molecule has 0 fully saturated rings. The Morgan fingerprint density at radius 1 is 0.973 bits per heavy atom. The zero-order chi connectivity index (χ0) is 25.4. The predicted molar refractivity (Wildman–Crippen MR) is 139 cm³/mol. The van der Waals surface area contributed by atoms with Crippen LogP contribution in [0.1, 0.15) is 0 Å². The fourth-order valence-electron chi connectivity index (χ4n) is 4.13. The van der Waals surface area contributed by atoms with E-state index in [1.807, 2.05) is 32.3 Å². The second kappa shape index (κ2) is 9.40. The lowest BCUT2D eigenvalue weighted by Crippen LogP contribution is -2.19. The van der Waals surface area contributed by atoms with E-state index in [4.69, 9.17) is 9.72 Å². The van der Waals surface area contributed by atoms with Gasteiger partial charge in [0.1, 0.15) is 23.9 Å². The van der Waals surface area contributed by atoms with Crippen LogP contribution in [0.25, 0.3) is 56.0 Å². The molecule has 0 bridgehead atoms. The van der Waals surface area contributed by atoms with Crippen LogP contribution in [0.3, 0.4) is 0 Å². The van der Waals surface area contributed by atoms with Crippen molar-refractivity contribution in [3.63, 3.8) is 0 Å². The third-order valence-electron chi connectivity index (χ3n) is 6.03. The summed E-state index contributed by atoms with van der Waals surface area (Å²) in [6.07, 6.45) is 6.89. The lowest BCUT2D eigenvalue weighted by molar-refractivity contribution is 0.261. The molecule has 0 saturated heterocycles. The van der Waals surface area contributed by atoms with Crippen LogP contribution in [0.5, 0.6) is 5.75 Å². The predicted octanol–water partition coefficient (Wildman–Crippen LogP) is 4.70. The number of aromatic amines is 2. The number of rotatable bonds is 7. The molecule has 9 nitrogen and oxygen atoms in total. The van der Waals surface area contributed by atoms with Crippen molar-refractivity contribution in [1.29, 1.82) is 0 Å². The van der Waals surface area contributed by atoms with Crippen molar-refractivity contribution in [3.8, 4) is 39.7 Å². The Balaban J connectivity index is 1.37. The highest BCUT2D eigenvalue weighted by atomic mass is 19.1. The van der Waals surface area contributed by atoms with Crippen LogP contribution in [0, 0.1) is 5.82 Å². The summed E-state index contributed by atoms with van der Waals surface area (Å²) in [7, 11) is 4.00. The first-order chi connectivity index (χ1) is 18.0. The average Bonchev–Trinajstić information content (AvgIpc) is 3.53. The Hall–Kier alpha value is -4.70. The van der Waals surface area contributed by atoms with E-state index in [0.717, 1.165) is 45.3 Å². The zero-order valence-electron chi connectivity index (χ0n) is 20.2. The van der Waals surface area contributed by atoms with Crippen LogP contribution in [0.2, 0.25) is 0 Å². The number of aromatic nitrogens is 7. The number of hydrogen-bond acceptors (Lipinski definition) is 7. The molecule has 0 unspecified atom stereocenters. The number of likely N-dealkylation sites (N-methyl/N-ethyl adjacent to an activating group) is 1. The zero-order valence-corrected chi connectivity index (χ0v) is 20.2. The lowest BCUT2D eigenvalue weighted by atomic mass is 10.1. The minimum atomic E-state index is -0.285. The Labute approximate surface area is 211 Å². The molecule has 0 amide bonds. The molecule has 5 aromatic heterocycles. The van der Waals surface area contributed by atoms with Gasteiger partial charge in [-0.3, -0.25) is 15.1 Å². The van der Waals surface area contributed by atoms with Gasteiger partial charge in [0.05, 0.1) is 29.1 Å². The smallest absolute Gasteiger partial charge is 0.178 e. The van der Waals surface area contributed by atoms with Crippen molar-refractivity contribution >= 4 is 22.1 Å². The Kier molecular flexibility index (Phi) is 5.78. The van der Waals surface area contributed by atoms with Gasteiger partial charge in [-0.15, -0.1) is 0 Å². The van der Waals surface area contributed by atoms with Crippen LogP contribution in [-0.4, -0.2) is 67.3 Å². The van der Waals surface area contributed by atoms with Gasteiger partial charge in [0.25, 0.3) is 0 Å². The van der Waals surface area contributed by atoms with Gasteiger partial charge in [0.2, 0.25) is 0 Å². The molecule has 10 heteroatoms. The largest absolute Gasteiger partial charge is 0.491 e. The summed E-state index contributed by atoms with van der Waals surface area (Å²) in [5.74, 6) is 0.970. The molecule has 1 aromatic carbocycles. The summed E-state index contributed by atoms with van der Waals surface area (Å²) in [5, 5.41) is 8.39. The maximum absolute atomic E-state index is 13.5. The van der Waals surface area contributed by atoms with Crippen molar-refractivity contribution < 1.29 is 9.13 Å². The van der Waals surface area contributed by atoms with E-state index >= 15 is 0 Å². The second-order valence-corrected chi connectivity index (χ2v) is 8.90. The van der Waals surface area contributed by atoms with E-state index in [1.165, 1.54) is 12.1 Å². The normalized spacial score (nSPS) is 11.6. The van der Waals surface area contributed by atoms with Crippen molar-refractivity contribution in [2.45, 2.75) is 0 Å². The first kappa shape index (κ1) is 22.7. The number of halogens is 1. The molecule has 0 spiro atoms. The molecule has 0 saturated carbocycles. The van der Waals surface area contributed by atoms with Gasteiger partial charge in [-0.05, 0) is 50.0 Å². The highest BCUT2D eigenvalue weighted by Gasteiger charge is 2.17. The molecule has 37 heavy (non-hydrogen) atoms. The number of ether oxygens (including phenoxy) is 1. The van der Waals surface area contributed by atoms with E-state index in [-0.39, 0.29) is 5.82 Å². The Bertz CT molecular complexity index is 1710. The molecule has 0 radical (unpaired) electrons. The average molecular weight is 495 g/mol. The summed E-state index contributed by atoms with van der Waals surface area (Å²) in [6.45, 7) is 1.37. The van der Waals surface area contributed by atoms with Gasteiger partial charge in [-0.1, -0.05) is 12.1 Å². The van der Waals surface area contributed by atoms with Crippen LogP contribution in [0.15, 0.2) is 67.3 Å². The number of imidazole rings is 1. The van der Waals surface area contributed by atoms with Crippen LogP contribution in [-0.2, 0) is 0 Å². The number of nitrogens with zero attached hydrogens (tertiary/aromatic N) is 6. The van der Waals surface area contributed by atoms with Gasteiger partial charge >= 0.3 is 0 Å². The molecule has 6 aromatic rings. The van der Waals surface area contributed by atoms with E-state index in [1.54, 1.807) is 36.9 Å². The number of nitrogens with one attached hydrogen (secondary N) is 2. The summed E-state index contributed by atoms with van der Waals surface area (Å²) in [6, 6.07) is 12.1. The maximum atomic E-state index is 13.5. The number of benzene rings is 1. The molecule has 0 aliphatic rings. The van der Waals surface area contributed by atoms with Crippen LogP contribution < -0.4 is 4.74 Å². The van der Waals surface area contributed by atoms with E-state index < -0.39 is 0 Å². The second-order valence-electron chi connectivity index (χ2n) is 8.90. The van der Waals surface area contributed by atoms with Crippen LogP contribution >= 0.6 is 0 Å². The molecule has 0 atom stereocenters. The summed E-state index contributed by atoms with van der Waals surface area (Å²) >= 11 is 0. The Morgan fingerprint density at radius 3 is 2.68 bits per heavy atom. The molecule has 0 aliphatic carbocycles. The standard InChI is InChI=1S/C27H23FN8O/c1-36(2)9-10-37-19-11-17(13-29-14-19)22-12-21-23(15-31-22)34-35-25(21)27-32-24-20(7-8-30-26(24)33-27)16-3-5-18(28)6-4-16/h3-8,11-15H,9-10H2,1-2H3,(H,34,35)(H,30,32,33). The fourth-order valence-corrected chi connectivity index (χ4v) is 4.13. The van der Waals surface area contributed by atoms with E-state index in [0.29, 0.717) is 29.5 Å². The van der Waals surface area contributed by atoms with Gasteiger partial charge in [-0.25, -0.2) is 14.4 Å². The van der Waals surface area contributed by atoms with Crippen molar-refractivity contribution in [1.82, 2.24) is 40.0 Å². The Morgan fingerprint density at radius 2 is 1.84 bits per heavy atom. The first-order valence-corrected chi connectivity index (χ1v) is 11.7. The van der Waals surface area contributed by atoms with Gasteiger partial charge in [-0.2, -0.15) is 5.10 Å². The van der Waals surface area contributed by atoms with Gasteiger partial charge < -0.3 is 14.6 Å². The minimum absolute atomic E-state index is 0.285. The first-order valence-electron chi connectivity index (χ1n) is 11.7. The van der Waals surface area contributed by atoms with E-state index in [9.17, 15) is 4.39 Å². The minimum Gasteiger partial charge on any atom is -0.491 e. The summed E-state index contributed by atoms with van der Waals surface area (Å²) < 4.78 is 19.3. The quantitative estimate of drug-likeness (QED) is 0.331.